The number of hydrogen-bond donors (Lipinski definition) is 2. The zero-order valence-electron chi connectivity index (χ0n) is 11.9. The molecule has 1 fully saturated rings. The van der Waals surface area contributed by atoms with Crippen molar-refractivity contribution in [2.75, 3.05) is 13.7 Å². The summed E-state index contributed by atoms with van der Waals surface area (Å²) >= 11 is 0. The van der Waals surface area contributed by atoms with E-state index >= 15 is 0 Å². The maximum Gasteiger partial charge on any atom is 0.242 e. The van der Waals surface area contributed by atoms with Gasteiger partial charge < -0.3 is 14.4 Å². The van der Waals surface area contributed by atoms with E-state index < -0.39 is 10.0 Å². The van der Waals surface area contributed by atoms with Crippen molar-refractivity contribution in [3.05, 3.63) is 18.0 Å². The zero-order chi connectivity index (χ0) is 14.8. The summed E-state index contributed by atoms with van der Waals surface area (Å²) in [6, 6.07) is 1.69. The van der Waals surface area contributed by atoms with E-state index in [4.69, 9.17) is 4.74 Å². The molecule has 1 aliphatic rings. The van der Waals surface area contributed by atoms with Crippen molar-refractivity contribution in [2.45, 2.75) is 49.8 Å². The Balaban J connectivity index is 2.12. The van der Waals surface area contributed by atoms with Gasteiger partial charge in [-0.3, -0.25) is 0 Å². The van der Waals surface area contributed by atoms with Crippen LogP contribution in [0.1, 0.15) is 37.9 Å². The fourth-order valence-electron chi connectivity index (χ4n) is 2.15. The predicted molar refractivity (Wildman–Crippen MR) is 74.9 cm³/mol. The summed E-state index contributed by atoms with van der Waals surface area (Å²) in [4.78, 5) is 0.220. The fourth-order valence-corrected chi connectivity index (χ4v) is 3.48. The SMILES string of the molecule is COCCC(C)NS(=O)(=O)c1cc(CO)n(C2CC2)c1. The van der Waals surface area contributed by atoms with Crippen LogP contribution in [0.5, 0.6) is 0 Å². The molecule has 0 saturated heterocycles. The second-order valence-electron chi connectivity index (χ2n) is 5.27. The van der Waals surface area contributed by atoms with Crippen LogP contribution >= 0.6 is 0 Å². The van der Waals surface area contributed by atoms with Gasteiger partial charge in [-0.05, 0) is 32.3 Å². The van der Waals surface area contributed by atoms with Gasteiger partial charge in [0.25, 0.3) is 0 Å². The summed E-state index contributed by atoms with van der Waals surface area (Å²) in [5.74, 6) is 0. The molecule has 1 aromatic rings. The van der Waals surface area contributed by atoms with Gasteiger partial charge in [0.05, 0.1) is 11.5 Å². The zero-order valence-corrected chi connectivity index (χ0v) is 12.7. The smallest absolute Gasteiger partial charge is 0.242 e. The summed E-state index contributed by atoms with van der Waals surface area (Å²) in [6.07, 6.45) is 4.32. The van der Waals surface area contributed by atoms with E-state index in [2.05, 4.69) is 4.72 Å². The number of nitrogens with zero attached hydrogens (tertiary/aromatic N) is 1. The molecule has 1 heterocycles. The highest BCUT2D eigenvalue weighted by Gasteiger charge is 2.28. The average Bonchev–Trinajstić information content (AvgIpc) is 3.14. The second-order valence-corrected chi connectivity index (χ2v) is 6.98. The summed E-state index contributed by atoms with van der Waals surface area (Å²) in [5, 5.41) is 9.32. The van der Waals surface area contributed by atoms with Gasteiger partial charge in [-0.1, -0.05) is 0 Å². The molecule has 1 saturated carbocycles. The summed E-state index contributed by atoms with van der Waals surface area (Å²) < 4.78 is 34.0. The van der Waals surface area contributed by atoms with Crippen LogP contribution in [0.3, 0.4) is 0 Å². The van der Waals surface area contributed by atoms with Crippen LogP contribution in [0.25, 0.3) is 0 Å². The van der Waals surface area contributed by atoms with Crippen LogP contribution in [0, 0.1) is 0 Å². The number of aliphatic hydroxyl groups is 1. The van der Waals surface area contributed by atoms with Crippen molar-refractivity contribution < 1.29 is 18.3 Å². The number of hydrogen-bond acceptors (Lipinski definition) is 4. The molecule has 0 bridgehead atoms. The Morgan fingerprint density at radius 1 is 1.55 bits per heavy atom. The molecule has 2 rings (SSSR count). The molecule has 2 N–H and O–H groups in total. The van der Waals surface area contributed by atoms with Crippen LogP contribution in [0.4, 0.5) is 0 Å². The minimum atomic E-state index is -3.54. The molecule has 0 aromatic carbocycles. The third-order valence-electron chi connectivity index (χ3n) is 3.43. The molecular formula is C13H22N2O4S. The largest absolute Gasteiger partial charge is 0.390 e. The third kappa shape index (κ3) is 3.60. The lowest BCUT2D eigenvalue weighted by Gasteiger charge is -2.12. The van der Waals surface area contributed by atoms with Gasteiger partial charge in [-0.25, -0.2) is 13.1 Å². The Hall–Kier alpha value is -0.890. The lowest BCUT2D eigenvalue weighted by atomic mass is 10.3. The first-order valence-electron chi connectivity index (χ1n) is 6.81. The number of rotatable bonds is 8. The Morgan fingerprint density at radius 3 is 2.80 bits per heavy atom. The van der Waals surface area contributed by atoms with E-state index in [1.165, 1.54) is 0 Å². The lowest BCUT2D eigenvalue weighted by Crippen LogP contribution is -2.33. The van der Waals surface area contributed by atoms with Gasteiger partial charge in [0, 0.05) is 37.7 Å². The molecule has 20 heavy (non-hydrogen) atoms. The van der Waals surface area contributed by atoms with Crippen molar-refractivity contribution in [3.63, 3.8) is 0 Å². The van der Waals surface area contributed by atoms with Gasteiger partial charge in [0.1, 0.15) is 0 Å². The number of nitrogens with one attached hydrogen (secondary N) is 1. The molecule has 7 heteroatoms. The molecule has 1 unspecified atom stereocenters. The Bertz CT molecular complexity index is 549. The minimum Gasteiger partial charge on any atom is -0.390 e. The van der Waals surface area contributed by atoms with E-state index in [0.717, 1.165) is 12.8 Å². The first-order valence-corrected chi connectivity index (χ1v) is 8.29. The lowest BCUT2D eigenvalue weighted by molar-refractivity contribution is 0.188. The monoisotopic (exact) mass is 302 g/mol. The van der Waals surface area contributed by atoms with E-state index in [-0.39, 0.29) is 17.5 Å². The van der Waals surface area contributed by atoms with E-state index in [1.54, 1.807) is 26.3 Å². The van der Waals surface area contributed by atoms with Crippen molar-refractivity contribution in [2.24, 2.45) is 0 Å². The molecule has 0 spiro atoms. The molecule has 0 amide bonds. The number of aliphatic hydroxyl groups excluding tert-OH is 1. The van der Waals surface area contributed by atoms with Gasteiger partial charge in [-0.15, -0.1) is 0 Å². The molecule has 1 aliphatic carbocycles. The van der Waals surface area contributed by atoms with E-state index in [9.17, 15) is 13.5 Å². The number of methoxy groups -OCH3 is 1. The second kappa shape index (κ2) is 6.26. The quantitative estimate of drug-likeness (QED) is 0.751. The fraction of sp³-hybridized carbons (Fsp3) is 0.692. The minimum absolute atomic E-state index is 0.148. The van der Waals surface area contributed by atoms with Crippen LogP contribution in [0.2, 0.25) is 0 Å². The molecule has 114 valence electrons. The van der Waals surface area contributed by atoms with Crippen molar-refractivity contribution in [1.29, 1.82) is 0 Å². The summed E-state index contributed by atoms with van der Waals surface area (Å²) in [5.41, 5.74) is 0.650. The van der Waals surface area contributed by atoms with Crippen LogP contribution < -0.4 is 4.72 Å². The van der Waals surface area contributed by atoms with Crippen LogP contribution in [-0.4, -0.2) is 37.8 Å². The topological polar surface area (TPSA) is 80.6 Å². The van der Waals surface area contributed by atoms with E-state index in [0.29, 0.717) is 24.8 Å². The van der Waals surface area contributed by atoms with Gasteiger partial charge in [-0.2, -0.15) is 0 Å². The predicted octanol–water partition coefficient (Wildman–Crippen LogP) is 1.02. The highest BCUT2D eigenvalue weighted by molar-refractivity contribution is 7.89. The maximum absolute atomic E-state index is 12.3. The third-order valence-corrected chi connectivity index (χ3v) is 4.99. The molecule has 1 atom stereocenters. The maximum atomic E-state index is 12.3. The molecule has 6 nitrogen and oxygen atoms in total. The van der Waals surface area contributed by atoms with Crippen molar-refractivity contribution >= 4 is 10.0 Å². The van der Waals surface area contributed by atoms with Crippen molar-refractivity contribution in [3.8, 4) is 0 Å². The van der Waals surface area contributed by atoms with Gasteiger partial charge >= 0.3 is 0 Å². The highest BCUT2D eigenvalue weighted by Crippen LogP contribution is 2.37. The Morgan fingerprint density at radius 2 is 2.25 bits per heavy atom. The first kappa shape index (κ1) is 15.5. The molecule has 0 aliphatic heterocycles. The average molecular weight is 302 g/mol. The number of aromatic nitrogens is 1. The highest BCUT2D eigenvalue weighted by atomic mass is 32.2. The van der Waals surface area contributed by atoms with Crippen molar-refractivity contribution in [1.82, 2.24) is 9.29 Å². The van der Waals surface area contributed by atoms with Crippen LogP contribution in [-0.2, 0) is 21.4 Å². The standard InChI is InChI=1S/C13H22N2O4S/c1-10(5-6-19-2)14-20(17,18)13-7-12(9-16)15(8-13)11-3-4-11/h7-8,10-11,14,16H,3-6,9H2,1-2H3. The normalized spacial score (nSPS) is 17.4. The number of ether oxygens (including phenoxy) is 1. The molecule has 0 radical (unpaired) electrons. The Kier molecular flexibility index (Phi) is 4.85. The number of sulfonamides is 1. The first-order chi connectivity index (χ1) is 9.47. The molecular weight excluding hydrogens is 280 g/mol. The summed E-state index contributed by atoms with van der Waals surface area (Å²) in [7, 11) is -1.96. The van der Waals surface area contributed by atoms with Gasteiger partial charge in [0.2, 0.25) is 10.0 Å². The van der Waals surface area contributed by atoms with Gasteiger partial charge in [0.15, 0.2) is 0 Å². The molecule has 1 aromatic heterocycles. The van der Waals surface area contributed by atoms with E-state index in [1.807, 2.05) is 4.57 Å². The Labute approximate surface area is 119 Å². The van der Waals surface area contributed by atoms with Crippen LogP contribution in [0.15, 0.2) is 17.2 Å². The summed E-state index contributed by atoms with van der Waals surface area (Å²) in [6.45, 7) is 2.17.